The summed E-state index contributed by atoms with van der Waals surface area (Å²) in [6, 6.07) is 25.5. The second-order valence-corrected chi connectivity index (χ2v) is 11.2. The molecule has 3 aromatic carbocycles. The summed E-state index contributed by atoms with van der Waals surface area (Å²) in [6.45, 7) is 0. The third-order valence-electron chi connectivity index (χ3n) is 4.95. The van der Waals surface area contributed by atoms with Gasteiger partial charge in [0, 0.05) is 10.2 Å². The first-order valence-electron chi connectivity index (χ1n) is 11.1. The molecule has 0 bridgehead atoms. The number of unbranched alkanes of at least 4 members (excludes halogenated alkanes) is 3. The van der Waals surface area contributed by atoms with Crippen molar-refractivity contribution >= 4 is 39.7 Å². The fourth-order valence-electron chi connectivity index (χ4n) is 3.31. The summed E-state index contributed by atoms with van der Waals surface area (Å²) >= 11 is 7.29. The van der Waals surface area contributed by atoms with Crippen LogP contribution >= 0.6 is 39.7 Å². The van der Waals surface area contributed by atoms with Crippen molar-refractivity contribution < 1.29 is 18.1 Å². The van der Waals surface area contributed by atoms with Gasteiger partial charge >= 0.3 is 7.82 Å². The third kappa shape index (κ3) is 9.19. The van der Waals surface area contributed by atoms with Gasteiger partial charge in [-0.25, -0.2) is 0 Å². The Morgan fingerprint density at radius 2 is 1.24 bits per heavy atom. The van der Waals surface area contributed by atoms with Crippen LogP contribution in [0.15, 0.2) is 84.9 Å². The maximum atomic E-state index is 13.7. The first kappa shape index (κ1) is 25.9. The van der Waals surface area contributed by atoms with E-state index in [1.54, 1.807) is 30.3 Å². The molecule has 0 aliphatic carbocycles. The van der Waals surface area contributed by atoms with Crippen molar-refractivity contribution in [3.05, 3.63) is 90.5 Å². The van der Waals surface area contributed by atoms with Crippen LogP contribution in [0.2, 0.25) is 0 Å². The van der Waals surface area contributed by atoms with E-state index in [1.165, 1.54) is 25.7 Å². The zero-order valence-corrected chi connectivity index (χ0v) is 22.5. The minimum atomic E-state index is -4.01. The van der Waals surface area contributed by atoms with Crippen LogP contribution < -0.4 is 13.6 Å². The lowest BCUT2D eigenvalue weighted by Gasteiger charge is -2.21. The average Bonchev–Trinajstić information content (AvgIpc) is 2.81. The van der Waals surface area contributed by atoms with Gasteiger partial charge in [0.15, 0.2) is 0 Å². The van der Waals surface area contributed by atoms with Crippen molar-refractivity contribution in [2.45, 2.75) is 43.4 Å². The first-order valence-corrected chi connectivity index (χ1v) is 14.6. The first-order chi connectivity index (χ1) is 16.1. The van der Waals surface area contributed by atoms with Crippen LogP contribution in [-0.4, -0.2) is 10.2 Å². The second-order valence-electron chi connectivity index (χ2n) is 7.65. The maximum absolute atomic E-state index is 13.7. The van der Waals surface area contributed by atoms with Crippen molar-refractivity contribution in [3.63, 3.8) is 0 Å². The molecule has 3 rings (SSSR count). The van der Waals surface area contributed by atoms with Crippen LogP contribution in [0.1, 0.15) is 37.7 Å². The molecule has 1 unspecified atom stereocenters. The summed E-state index contributed by atoms with van der Waals surface area (Å²) in [4.78, 5) is 0.302. The van der Waals surface area contributed by atoms with Crippen molar-refractivity contribution in [2.24, 2.45) is 0 Å². The van der Waals surface area contributed by atoms with E-state index in [4.69, 9.17) is 13.6 Å². The summed E-state index contributed by atoms with van der Waals surface area (Å²) in [5, 5.41) is 1.06. The molecule has 7 heteroatoms. The Hall–Kier alpha value is -1.75. The fraction of sp³-hybridized carbons (Fsp3) is 0.308. The number of hydrogen-bond donors (Lipinski definition) is 0. The number of benzene rings is 3. The molecule has 0 fully saturated rings. The number of hydrogen-bond acceptors (Lipinski definition) is 4. The lowest BCUT2D eigenvalue weighted by Crippen LogP contribution is -2.10. The highest BCUT2D eigenvalue weighted by atomic mass is 79.9. The summed E-state index contributed by atoms with van der Waals surface area (Å²) in [5.41, 5.74) is 0.952. The van der Waals surface area contributed by atoms with E-state index < -0.39 is 7.82 Å². The van der Waals surface area contributed by atoms with Gasteiger partial charge in [0.05, 0.1) is 0 Å². The molecule has 0 saturated carbocycles. The second kappa shape index (κ2) is 13.8. The molecule has 0 spiro atoms. The quantitative estimate of drug-likeness (QED) is 0.106. The van der Waals surface area contributed by atoms with Crippen LogP contribution in [-0.2, 0) is 11.0 Å². The molecule has 0 aliphatic heterocycles. The van der Waals surface area contributed by atoms with E-state index in [-0.39, 0.29) is 0 Å². The lowest BCUT2D eigenvalue weighted by atomic mass is 10.0. The average molecular weight is 596 g/mol. The number of phosphoric ester groups is 1. The summed E-state index contributed by atoms with van der Waals surface area (Å²) < 4.78 is 31.3. The Labute approximate surface area is 213 Å². The van der Waals surface area contributed by atoms with Gasteiger partial charge in [0.1, 0.15) is 17.2 Å². The molecular formula is C26H29Br2O4P. The SMILES string of the molecule is O=P(Oc1ccccc1)(Oc1ccccc1)Oc1ccccc1CC(Br)CCCCCCBr. The molecule has 0 heterocycles. The normalized spacial score (nSPS) is 12.2. The Bertz CT molecular complexity index is 956. The molecular weight excluding hydrogens is 567 g/mol. The van der Waals surface area contributed by atoms with Gasteiger partial charge in [0.2, 0.25) is 0 Å². The van der Waals surface area contributed by atoms with E-state index in [0.717, 1.165) is 23.7 Å². The molecule has 0 N–H and O–H groups in total. The zero-order chi connectivity index (χ0) is 23.4. The summed E-state index contributed by atoms with van der Waals surface area (Å²) in [6.07, 6.45) is 6.65. The molecule has 0 radical (unpaired) electrons. The van der Waals surface area contributed by atoms with Gasteiger partial charge in [-0.2, -0.15) is 4.57 Å². The fourth-order valence-corrected chi connectivity index (χ4v) is 5.67. The van der Waals surface area contributed by atoms with E-state index in [9.17, 15) is 4.57 Å². The van der Waals surface area contributed by atoms with Crippen LogP contribution in [0.3, 0.4) is 0 Å². The van der Waals surface area contributed by atoms with Crippen LogP contribution in [0.4, 0.5) is 0 Å². The highest BCUT2D eigenvalue weighted by Crippen LogP contribution is 2.50. The van der Waals surface area contributed by atoms with Crippen molar-refractivity contribution in [1.29, 1.82) is 0 Å². The lowest BCUT2D eigenvalue weighted by molar-refractivity contribution is 0.297. The highest BCUT2D eigenvalue weighted by molar-refractivity contribution is 9.09. The molecule has 0 saturated heterocycles. The van der Waals surface area contributed by atoms with E-state index >= 15 is 0 Å². The zero-order valence-electron chi connectivity index (χ0n) is 18.4. The minimum Gasteiger partial charge on any atom is -0.386 e. The van der Waals surface area contributed by atoms with Gasteiger partial charge in [-0.3, -0.25) is 0 Å². The van der Waals surface area contributed by atoms with Crippen LogP contribution in [0.5, 0.6) is 17.2 Å². The molecule has 176 valence electrons. The number of halogens is 2. The Morgan fingerprint density at radius 1 is 0.697 bits per heavy atom. The molecule has 0 aliphatic rings. The van der Waals surface area contributed by atoms with E-state index in [0.29, 0.717) is 22.1 Å². The highest BCUT2D eigenvalue weighted by Gasteiger charge is 2.34. The number of alkyl halides is 2. The van der Waals surface area contributed by atoms with Crippen molar-refractivity contribution in [2.75, 3.05) is 5.33 Å². The predicted molar refractivity (Wildman–Crippen MR) is 142 cm³/mol. The monoisotopic (exact) mass is 594 g/mol. The standard InChI is InChI=1S/C26H29Br2O4P/c27-20-12-2-1-5-14-23(28)21-22-13-10-11-19-26(22)32-33(29,30-24-15-6-3-7-16-24)31-25-17-8-4-9-18-25/h3-4,6-11,13,15-19,23H,1-2,5,12,14,20-21H2. The molecule has 3 aromatic rings. The molecule has 1 atom stereocenters. The summed E-state index contributed by atoms with van der Waals surface area (Å²) in [5.74, 6) is 1.32. The number of phosphoric acid groups is 1. The third-order valence-corrected chi connectivity index (χ3v) is 7.58. The largest absolute Gasteiger partial charge is 0.647 e. The Kier molecular flexibility index (Phi) is 10.8. The molecule has 33 heavy (non-hydrogen) atoms. The van der Waals surface area contributed by atoms with Gasteiger partial charge < -0.3 is 13.6 Å². The van der Waals surface area contributed by atoms with E-state index in [1.807, 2.05) is 54.6 Å². The van der Waals surface area contributed by atoms with Gasteiger partial charge in [0.25, 0.3) is 0 Å². The molecule has 4 nitrogen and oxygen atoms in total. The van der Waals surface area contributed by atoms with Gasteiger partial charge in [-0.05, 0) is 55.2 Å². The minimum absolute atomic E-state index is 0.302. The molecule has 0 amide bonds. The maximum Gasteiger partial charge on any atom is 0.647 e. The smallest absolute Gasteiger partial charge is 0.386 e. The van der Waals surface area contributed by atoms with Gasteiger partial charge in [-0.1, -0.05) is 106 Å². The Morgan fingerprint density at radius 3 is 1.85 bits per heavy atom. The van der Waals surface area contributed by atoms with Crippen molar-refractivity contribution in [3.8, 4) is 17.2 Å². The van der Waals surface area contributed by atoms with Crippen molar-refractivity contribution in [1.82, 2.24) is 0 Å². The molecule has 0 aromatic heterocycles. The topological polar surface area (TPSA) is 44.8 Å². The Balaban J connectivity index is 1.73. The number of rotatable bonds is 14. The van der Waals surface area contributed by atoms with E-state index in [2.05, 4.69) is 31.9 Å². The van der Waals surface area contributed by atoms with Gasteiger partial charge in [-0.15, -0.1) is 0 Å². The summed E-state index contributed by atoms with van der Waals surface area (Å²) in [7, 11) is -4.01. The number of para-hydroxylation sites is 3. The van der Waals surface area contributed by atoms with Crippen LogP contribution in [0, 0.1) is 0 Å². The van der Waals surface area contributed by atoms with Crippen LogP contribution in [0.25, 0.3) is 0 Å². The predicted octanol–water partition coefficient (Wildman–Crippen LogP) is 8.98.